The molecular weight excluding hydrogens is 180 g/mol. The molecule has 3 rings (SSSR count). The zero-order valence-corrected chi connectivity index (χ0v) is 8.64. The topological polar surface area (TPSA) is 0 Å². The average Bonchev–Trinajstić information content (AvgIpc) is 3.11. The van der Waals surface area contributed by atoms with Crippen LogP contribution in [0.25, 0.3) is 0 Å². The van der Waals surface area contributed by atoms with Crippen molar-refractivity contribution in [3.05, 3.63) is 71.8 Å². The summed E-state index contributed by atoms with van der Waals surface area (Å²) in [5, 5.41) is 0. The maximum absolute atomic E-state index is 2.24. The van der Waals surface area contributed by atoms with E-state index >= 15 is 0 Å². The Labute approximate surface area is 90.6 Å². The molecule has 0 heterocycles. The number of hydrogen-bond acceptors (Lipinski definition) is 0. The van der Waals surface area contributed by atoms with Crippen molar-refractivity contribution >= 4 is 0 Å². The summed E-state index contributed by atoms with van der Waals surface area (Å²) in [6.07, 6.45) is 1.31. The van der Waals surface area contributed by atoms with Crippen LogP contribution in [0.3, 0.4) is 0 Å². The second kappa shape index (κ2) is 3.54. The van der Waals surface area contributed by atoms with E-state index in [1.165, 1.54) is 17.5 Å². The Hall–Kier alpha value is -1.56. The second-order valence-corrected chi connectivity index (χ2v) is 4.27. The van der Waals surface area contributed by atoms with E-state index in [0.29, 0.717) is 0 Å². The van der Waals surface area contributed by atoms with Gasteiger partial charge in [0, 0.05) is 0 Å². The molecule has 2 atom stereocenters. The monoisotopic (exact) mass is 194 g/mol. The van der Waals surface area contributed by atoms with Gasteiger partial charge in [-0.2, -0.15) is 0 Å². The van der Waals surface area contributed by atoms with Crippen molar-refractivity contribution in [3.63, 3.8) is 0 Å². The van der Waals surface area contributed by atoms with Crippen molar-refractivity contribution in [2.75, 3.05) is 0 Å². The van der Waals surface area contributed by atoms with Crippen molar-refractivity contribution in [1.29, 1.82) is 0 Å². The molecule has 15 heavy (non-hydrogen) atoms. The third-order valence-electron chi connectivity index (χ3n) is 3.25. The van der Waals surface area contributed by atoms with E-state index in [2.05, 4.69) is 60.7 Å². The van der Waals surface area contributed by atoms with Crippen LogP contribution in [0.15, 0.2) is 60.7 Å². The first-order valence-electron chi connectivity index (χ1n) is 5.55. The van der Waals surface area contributed by atoms with Crippen LogP contribution in [0.4, 0.5) is 0 Å². The van der Waals surface area contributed by atoms with E-state index in [4.69, 9.17) is 0 Å². The zero-order valence-electron chi connectivity index (χ0n) is 8.64. The van der Waals surface area contributed by atoms with Gasteiger partial charge in [0.05, 0.1) is 0 Å². The normalized spacial score (nSPS) is 23.7. The molecule has 1 aliphatic carbocycles. The summed E-state index contributed by atoms with van der Waals surface area (Å²) in [4.78, 5) is 0. The number of hydrogen-bond donors (Lipinski definition) is 0. The summed E-state index contributed by atoms with van der Waals surface area (Å²) in [6.45, 7) is 0. The average molecular weight is 194 g/mol. The van der Waals surface area contributed by atoms with Crippen LogP contribution in [-0.2, 0) is 0 Å². The number of benzene rings is 2. The number of rotatable bonds is 2. The third-order valence-corrected chi connectivity index (χ3v) is 3.25. The lowest BCUT2D eigenvalue weighted by Gasteiger charge is -2.00. The van der Waals surface area contributed by atoms with Gasteiger partial charge in [0.1, 0.15) is 0 Å². The summed E-state index contributed by atoms with van der Waals surface area (Å²) in [7, 11) is 0. The van der Waals surface area contributed by atoms with E-state index in [0.717, 1.165) is 11.8 Å². The molecule has 0 bridgehead atoms. The summed E-state index contributed by atoms with van der Waals surface area (Å²) >= 11 is 0. The maximum Gasteiger partial charge on any atom is -0.00868 e. The first-order chi connectivity index (χ1) is 7.45. The molecule has 2 aromatic carbocycles. The minimum absolute atomic E-state index is 0.758. The smallest absolute Gasteiger partial charge is 0.00868 e. The lowest BCUT2D eigenvalue weighted by Crippen LogP contribution is -1.82. The Bertz CT molecular complexity index is 387. The molecule has 0 radical (unpaired) electrons. The molecular formula is C15H14. The van der Waals surface area contributed by atoms with Crippen molar-refractivity contribution in [3.8, 4) is 0 Å². The highest BCUT2D eigenvalue weighted by Crippen LogP contribution is 2.54. The summed E-state index contributed by atoms with van der Waals surface area (Å²) in [5.41, 5.74) is 2.98. The van der Waals surface area contributed by atoms with Crippen LogP contribution in [0.5, 0.6) is 0 Å². The van der Waals surface area contributed by atoms with Gasteiger partial charge in [0.2, 0.25) is 0 Å². The quantitative estimate of drug-likeness (QED) is 0.679. The molecule has 2 aromatic rings. The van der Waals surface area contributed by atoms with Gasteiger partial charge in [-0.15, -0.1) is 0 Å². The fourth-order valence-corrected chi connectivity index (χ4v) is 2.33. The lowest BCUT2D eigenvalue weighted by molar-refractivity contribution is 1.03. The van der Waals surface area contributed by atoms with Gasteiger partial charge in [-0.05, 0) is 29.4 Å². The van der Waals surface area contributed by atoms with Crippen molar-refractivity contribution in [2.24, 2.45) is 0 Å². The molecule has 1 aliphatic rings. The Morgan fingerprint density at radius 1 is 0.600 bits per heavy atom. The van der Waals surface area contributed by atoms with E-state index < -0.39 is 0 Å². The minimum atomic E-state index is 0.758. The van der Waals surface area contributed by atoms with Crippen molar-refractivity contribution in [1.82, 2.24) is 0 Å². The molecule has 0 N–H and O–H groups in total. The van der Waals surface area contributed by atoms with Crippen LogP contribution < -0.4 is 0 Å². The van der Waals surface area contributed by atoms with Gasteiger partial charge in [0.25, 0.3) is 0 Å². The second-order valence-electron chi connectivity index (χ2n) is 4.27. The molecule has 0 spiro atoms. The molecule has 74 valence electrons. The van der Waals surface area contributed by atoms with E-state index in [9.17, 15) is 0 Å². The highest BCUT2D eigenvalue weighted by Gasteiger charge is 2.38. The minimum Gasteiger partial charge on any atom is -0.0622 e. The van der Waals surface area contributed by atoms with Crippen LogP contribution in [0.2, 0.25) is 0 Å². The zero-order chi connectivity index (χ0) is 10.1. The maximum atomic E-state index is 2.24. The Morgan fingerprint density at radius 2 is 1.00 bits per heavy atom. The lowest BCUT2D eigenvalue weighted by atomic mass is 10.0. The van der Waals surface area contributed by atoms with E-state index in [1.807, 2.05) is 0 Å². The largest absolute Gasteiger partial charge is 0.0622 e. The van der Waals surface area contributed by atoms with Crippen LogP contribution >= 0.6 is 0 Å². The van der Waals surface area contributed by atoms with Gasteiger partial charge in [-0.1, -0.05) is 60.7 Å². The molecule has 0 aliphatic heterocycles. The SMILES string of the molecule is c1ccc(C2C[C@@H]2c2ccccc2)cc1. The van der Waals surface area contributed by atoms with Gasteiger partial charge in [0.15, 0.2) is 0 Å². The summed E-state index contributed by atoms with van der Waals surface area (Å²) in [5.74, 6) is 1.52. The highest BCUT2D eigenvalue weighted by molar-refractivity contribution is 5.35. The Kier molecular flexibility index (Phi) is 2.06. The van der Waals surface area contributed by atoms with E-state index in [-0.39, 0.29) is 0 Å². The predicted octanol–water partition coefficient (Wildman–Crippen LogP) is 3.96. The van der Waals surface area contributed by atoms with Crippen LogP contribution in [0, 0.1) is 0 Å². The standard InChI is InChI=1S/C15H14/c1-3-7-12(8-4-1)14-11-15(14)13-9-5-2-6-10-13/h1-10,14-15H,11H2/t14-,15?/m1/s1. The molecule has 1 saturated carbocycles. The Morgan fingerprint density at radius 3 is 1.40 bits per heavy atom. The van der Waals surface area contributed by atoms with Gasteiger partial charge >= 0.3 is 0 Å². The first-order valence-corrected chi connectivity index (χ1v) is 5.55. The van der Waals surface area contributed by atoms with E-state index in [1.54, 1.807) is 0 Å². The predicted molar refractivity (Wildman–Crippen MR) is 63.0 cm³/mol. The van der Waals surface area contributed by atoms with Gasteiger partial charge in [-0.3, -0.25) is 0 Å². The highest BCUT2D eigenvalue weighted by atomic mass is 14.4. The summed E-state index contributed by atoms with van der Waals surface area (Å²) in [6, 6.07) is 21.7. The van der Waals surface area contributed by atoms with Crippen LogP contribution in [0.1, 0.15) is 29.4 Å². The molecule has 0 heteroatoms. The van der Waals surface area contributed by atoms with Gasteiger partial charge < -0.3 is 0 Å². The Balaban J connectivity index is 1.81. The molecule has 1 unspecified atom stereocenters. The molecule has 0 saturated heterocycles. The fraction of sp³-hybridized carbons (Fsp3) is 0.200. The first kappa shape index (κ1) is 8.72. The molecule has 1 fully saturated rings. The molecule has 0 nitrogen and oxygen atoms in total. The third kappa shape index (κ3) is 1.68. The summed E-state index contributed by atoms with van der Waals surface area (Å²) < 4.78 is 0. The van der Waals surface area contributed by atoms with Crippen LogP contribution in [-0.4, -0.2) is 0 Å². The van der Waals surface area contributed by atoms with Gasteiger partial charge in [-0.25, -0.2) is 0 Å². The van der Waals surface area contributed by atoms with Crippen molar-refractivity contribution < 1.29 is 0 Å². The molecule has 0 amide bonds. The van der Waals surface area contributed by atoms with Crippen molar-refractivity contribution in [2.45, 2.75) is 18.3 Å². The fourth-order valence-electron chi connectivity index (χ4n) is 2.33. The molecule has 0 aromatic heterocycles.